The van der Waals surface area contributed by atoms with E-state index in [0.717, 1.165) is 26.8 Å². The first kappa shape index (κ1) is 12.3. The van der Waals surface area contributed by atoms with E-state index in [-0.39, 0.29) is 6.61 Å². The lowest BCUT2D eigenvalue weighted by Gasteiger charge is -2.20. The number of aryl methyl sites for hydroxylation is 1. The standard InChI is InChI=1S/C13H15BrN2O/c1-9-8-12(16(2)6-7-17)10-4-3-5-11(14)13(10)15-9/h3-5,8,17H,6-7H2,1-2H3. The summed E-state index contributed by atoms with van der Waals surface area (Å²) < 4.78 is 0.998. The zero-order valence-corrected chi connectivity index (χ0v) is 11.5. The molecule has 0 spiro atoms. The summed E-state index contributed by atoms with van der Waals surface area (Å²) >= 11 is 3.52. The average molecular weight is 295 g/mol. The first-order valence-electron chi connectivity index (χ1n) is 5.51. The van der Waals surface area contributed by atoms with Crippen molar-refractivity contribution in [2.75, 3.05) is 25.1 Å². The molecule has 0 fully saturated rings. The summed E-state index contributed by atoms with van der Waals surface area (Å²) in [4.78, 5) is 6.59. The summed E-state index contributed by atoms with van der Waals surface area (Å²) in [6, 6.07) is 8.09. The SMILES string of the molecule is Cc1cc(N(C)CCO)c2cccc(Br)c2n1. The van der Waals surface area contributed by atoms with E-state index >= 15 is 0 Å². The zero-order valence-electron chi connectivity index (χ0n) is 9.94. The molecular formula is C13H15BrN2O. The van der Waals surface area contributed by atoms with Gasteiger partial charge >= 0.3 is 0 Å². The second-order valence-electron chi connectivity index (χ2n) is 4.06. The summed E-state index contributed by atoms with van der Waals surface area (Å²) in [5, 5.41) is 10.1. The summed E-state index contributed by atoms with van der Waals surface area (Å²) in [5.41, 5.74) is 3.04. The second-order valence-corrected chi connectivity index (χ2v) is 4.92. The number of anilines is 1. The molecule has 0 atom stereocenters. The highest BCUT2D eigenvalue weighted by Crippen LogP contribution is 2.30. The van der Waals surface area contributed by atoms with Crippen LogP contribution < -0.4 is 4.90 Å². The minimum atomic E-state index is 0.146. The third kappa shape index (κ3) is 2.42. The van der Waals surface area contributed by atoms with Crippen molar-refractivity contribution in [3.05, 3.63) is 34.4 Å². The number of hydrogen-bond acceptors (Lipinski definition) is 3. The predicted molar refractivity (Wildman–Crippen MR) is 74.5 cm³/mol. The average Bonchev–Trinajstić information content (AvgIpc) is 2.30. The van der Waals surface area contributed by atoms with Crippen molar-refractivity contribution in [2.24, 2.45) is 0 Å². The van der Waals surface area contributed by atoms with Gasteiger partial charge in [0.2, 0.25) is 0 Å². The van der Waals surface area contributed by atoms with Gasteiger partial charge in [-0.25, -0.2) is 0 Å². The Labute approximate surface area is 109 Å². The van der Waals surface area contributed by atoms with Crippen LogP contribution in [0.1, 0.15) is 5.69 Å². The monoisotopic (exact) mass is 294 g/mol. The predicted octanol–water partition coefficient (Wildman–Crippen LogP) is 2.73. The van der Waals surface area contributed by atoms with E-state index in [1.807, 2.05) is 37.1 Å². The molecule has 0 bridgehead atoms. The molecule has 0 radical (unpaired) electrons. The van der Waals surface area contributed by atoms with Gasteiger partial charge in [-0.05, 0) is 35.0 Å². The number of aromatic nitrogens is 1. The van der Waals surface area contributed by atoms with Crippen molar-refractivity contribution >= 4 is 32.5 Å². The van der Waals surface area contributed by atoms with Gasteiger partial charge in [-0.1, -0.05) is 12.1 Å². The van der Waals surface area contributed by atoms with E-state index < -0.39 is 0 Å². The van der Waals surface area contributed by atoms with Crippen LogP contribution in [0.5, 0.6) is 0 Å². The summed E-state index contributed by atoms with van der Waals surface area (Å²) in [7, 11) is 1.98. The maximum atomic E-state index is 9.03. The molecule has 90 valence electrons. The molecule has 2 aromatic rings. The van der Waals surface area contributed by atoms with Gasteiger partial charge < -0.3 is 10.0 Å². The van der Waals surface area contributed by atoms with Gasteiger partial charge in [0.15, 0.2) is 0 Å². The second kappa shape index (κ2) is 5.02. The molecule has 1 heterocycles. The van der Waals surface area contributed by atoms with Crippen molar-refractivity contribution < 1.29 is 5.11 Å². The topological polar surface area (TPSA) is 36.4 Å². The fourth-order valence-corrected chi connectivity index (χ4v) is 2.36. The molecule has 17 heavy (non-hydrogen) atoms. The maximum Gasteiger partial charge on any atom is 0.0867 e. The number of rotatable bonds is 3. The highest BCUT2D eigenvalue weighted by Gasteiger charge is 2.09. The Balaban J connectivity index is 2.65. The van der Waals surface area contributed by atoms with Crippen LogP contribution in [0.2, 0.25) is 0 Å². The Kier molecular flexibility index (Phi) is 3.64. The first-order valence-corrected chi connectivity index (χ1v) is 6.30. The summed E-state index contributed by atoms with van der Waals surface area (Å²) in [5.74, 6) is 0. The number of likely N-dealkylation sites (N-methyl/N-ethyl adjacent to an activating group) is 1. The minimum absolute atomic E-state index is 0.146. The number of aliphatic hydroxyl groups excluding tert-OH is 1. The van der Waals surface area contributed by atoms with Crippen molar-refractivity contribution in [2.45, 2.75) is 6.92 Å². The third-order valence-electron chi connectivity index (χ3n) is 2.74. The highest BCUT2D eigenvalue weighted by molar-refractivity contribution is 9.10. The Bertz CT molecular complexity index is 542. The van der Waals surface area contributed by atoms with E-state index in [1.165, 1.54) is 0 Å². The molecule has 0 aliphatic heterocycles. The summed E-state index contributed by atoms with van der Waals surface area (Å²) in [6.07, 6.45) is 0. The number of hydrogen-bond donors (Lipinski definition) is 1. The number of nitrogens with zero attached hydrogens (tertiary/aromatic N) is 2. The number of pyridine rings is 1. The van der Waals surface area contributed by atoms with Crippen LogP contribution in [0.15, 0.2) is 28.7 Å². The van der Waals surface area contributed by atoms with Crippen molar-refractivity contribution in [3.63, 3.8) is 0 Å². The fraction of sp³-hybridized carbons (Fsp3) is 0.308. The van der Waals surface area contributed by atoms with Crippen LogP contribution in [-0.4, -0.2) is 30.3 Å². The zero-order chi connectivity index (χ0) is 12.4. The molecule has 0 saturated carbocycles. The molecule has 0 saturated heterocycles. The molecule has 0 unspecified atom stereocenters. The van der Waals surface area contributed by atoms with E-state index in [4.69, 9.17) is 5.11 Å². The van der Waals surface area contributed by atoms with Crippen LogP contribution in [0.25, 0.3) is 10.9 Å². The molecule has 0 amide bonds. The van der Waals surface area contributed by atoms with Crippen LogP contribution in [0.4, 0.5) is 5.69 Å². The van der Waals surface area contributed by atoms with E-state index in [1.54, 1.807) is 0 Å². The maximum absolute atomic E-state index is 9.03. The van der Waals surface area contributed by atoms with Gasteiger partial charge in [-0.2, -0.15) is 0 Å². The smallest absolute Gasteiger partial charge is 0.0867 e. The van der Waals surface area contributed by atoms with Crippen molar-refractivity contribution in [1.82, 2.24) is 4.98 Å². The lowest BCUT2D eigenvalue weighted by molar-refractivity contribution is 0.304. The lowest BCUT2D eigenvalue weighted by Crippen LogP contribution is -2.21. The largest absolute Gasteiger partial charge is 0.395 e. The minimum Gasteiger partial charge on any atom is -0.395 e. The van der Waals surface area contributed by atoms with Gasteiger partial charge in [0.05, 0.1) is 12.1 Å². The van der Waals surface area contributed by atoms with E-state index in [0.29, 0.717) is 6.54 Å². The fourth-order valence-electron chi connectivity index (χ4n) is 1.91. The van der Waals surface area contributed by atoms with Gasteiger partial charge in [0.1, 0.15) is 0 Å². The van der Waals surface area contributed by atoms with Crippen molar-refractivity contribution in [1.29, 1.82) is 0 Å². The molecule has 4 heteroatoms. The normalized spacial score (nSPS) is 10.8. The number of halogens is 1. The quantitative estimate of drug-likeness (QED) is 0.946. The molecule has 0 aliphatic carbocycles. The van der Waals surface area contributed by atoms with Gasteiger partial charge in [-0.3, -0.25) is 4.98 Å². The molecular weight excluding hydrogens is 280 g/mol. The van der Waals surface area contributed by atoms with Gasteiger partial charge in [-0.15, -0.1) is 0 Å². The highest BCUT2D eigenvalue weighted by atomic mass is 79.9. The first-order chi connectivity index (χ1) is 8.13. The van der Waals surface area contributed by atoms with Crippen LogP contribution in [-0.2, 0) is 0 Å². The van der Waals surface area contributed by atoms with Crippen LogP contribution >= 0.6 is 15.9 Å². The van der Waals surface area contributed by atoms with Gasteiger partial charge in [0.25, 0.3) is 0 Å². The lowest BCUT2D eigenvalue weighted by atomic mass is 10.1. The number of fused-ring (bicyclic) bond motifs is 1. The van der Waals surface area contributed by atoms with Crippen LogP contribution in [0.3, 0.4) is 0 Å². The Hall–Kier alpha value is -1.13. The molecule has 1 N–H and O–H groups in total. The molecule has 3 nitrogen and oxygen atoms in total. The Morgan fingerprint density at radius 1 is 1.41 bits per heavy atom. The van der Waals surface area contributed by atoms with Crippen LogP contribution in [0, 0.1) is 6.92 Å². The number of para-hydroxylation sites is 1. The molecule has 0 aliphatic rings. The number of aliphatic hydroxyl groups is 1. The van der Waals surface area contributed by atoms with E-state index in [9.17, 15) is 0 Å². The molecule has 1 aromatic carbocycles. The Morgan fingerprint density at radius 2 is 2.18 bits per heavy atom. The third-order valence-corrected chi connectivity index (χ3v) is 3.38. The molecule has 1 aromatic heterocycles. The molecule has 2 rings (SSSR count). The van der Waals surface area contributed by atoms with Crippen molar-refractivity contribution in [3.8, 4) is 0 Å². The van der Waals surface area contributed by atoms with Gasteiger partial charge in [0, 0.05) is 34.8 Å². The Morgan fingerprint density at radius 3 is 2.88 bits per heavy atom. The van der Waals surface area contributed by atoms with E-state index in [2.05, 4.69) is 27.0 Å². The number of benzene rings is 1. The summed E-state index contributed by atoms with van der Waals surface area (Å²) in [6.45, 7) is 2.74.